The predicted molar refractivity (Wildman–Crippen MR) is 61.5 cm³/mol. The Morgan fingerprint density at radius 2 is 1.88 bits per heavy atom. The molecule has 0 amide bonds. The first kappa shape index (κ1) is 13.7. The Hall–Kier alpha value is -1.36. The highest BCUT2D eigenvalue weighted by atomic mass is 19.2. The lowest BCUT2D eigenvalue weighted by molar-refractivity contribution is 0.341. The van der Waals surface area contributed by atoms with Gasteiger partial charge in [-0.25, -0.2) is 8.78 Å². The lowest BCUT2D eigenvalue weighted by atomic mass is 10.1. The molecule has 0 spiro atoms. The zero-order valence-corrected chi connectivity index (χ0v) is 10.1. The van der Waals surface area contributed by atoms with Gasteiger partial charge in [-0.3, -0.25) is 0 Å². The summed E-state index contributed by atoms with van der Waals surface area (Å²) < 4.78 is 37.0. The number of methoxy groups -OCH3 is 2. The summed E-state index contributed by atoms with van der Waals surface area (Å²) in [7, 11) is 2.79. The standard InChI is InChI=1S/C12H17F2NO2/c1-16-10-7-9(13)11(14)8(12(10)17-2)5-3-4-6-15/h7H,3-6,15H2,1-2H3. The molecule has 17 heavy (non-hydrogen) atoms. The first-order valence-corrected chi connectivity index (χ1v) is 5.44. The normalized spacial score (nSPS) is 10.4. The molecule has 0 aliphatic rings. The molecule has 96 valence electrons. The zero-order chi connectivity index (χ0) is 12.8. The molecule has 1 aromatic rings. The van der Waals surface area contributed by atoms with Gasteiger partial charge in [-0.2, -0.15) is 0 Å². The zero-order valence-electron chi connectivity index (χ0n) is 10.1. The van der Waals surface area contributed by atoms with Gasteiger partial charge in [-0.05, 0) is 25.8 Å². The van der Waals surface area contributed by atoms with Gasteiger partial charge in [0.05, 0.1) is 14.2 Å². The number of unbranched alkanes of at least 4 members (excludes halogenated alkanes) is 1. The Morgan fingerprint density at radius 1 is 1.18 bits per heavy atom. The van der Waals surface area contributed by atoms with Gasteiger partial charge in [0.1, 0.15) is 0 Å². The average Bonchev–Trinajstić information content (AvgIpc) is 2.34. The fourth-order valence-corrected chi connectivity index (χ4v) is 1.68. The van der Waals surface area contributed by atoms with E-state index >= 15 is 0 Å². The van der Waals surface area contributed by atoms with E-state index in [2.05, 4.69) is 0 Å². The van der Waals surface area contributed by atoms with Crippen LogP contribution in [0, 0.1) is 11.6 Å². The van der Waals surface area contributed by atoms with Crippen LogP contribution in [-0.2, 0) is 6.42 Å². The van der Waals surface area contributed by atoms with Crippen molar-refractivity contribution in [2.24, 2.45) is 5.73 Å². The molecule has 0 aromatic heterocycles. The van der Waals surface area contributed by atoms with E-state index in [1.807, 2.05) is 0 Å². The molecule has 0 saturated heterocycles. The number of ether oxygens (including phenoxy) is 2. The minimum atomic E-state index is -0.926. The number of rotatable bonds is 6. The molecule has 0 heterocycles. The van der Waals surface area contributed by atoms with Crippen molar-refractivity contribution in [2.75, 3.05) is 20.8 Å². The van der Waals surface area contributed by atoms with Gasteiger partial charge in [0, 0.05) is 11.6 Å². The first-order valence-electron chi connectivity index (χ1n) is 5.44. The second-order valence-electron chi connectivity index (χ2n) is 3.63. The number of benzene rings is 1. The van der Waals surface area contributed by atoms with Crippen LogP contribution in [0.4, 0.5) is 8.78 Å². The fraction of sp³-hybridized carbons (Fsp3) is 0.500. The minimum Gasteiger partial charge on any atom is -0.493 e. The lowest BCUT2D eigenvalue weighted by Gasteiger charge is -2.14. The van der Waals surface area contributed by atoms with Crippen LogP contribution in [0.2, 0.25) is 0 Å². The van der Waals surface area contributed by atoms with Crippen LogP contribution in [0.1, 0.15) is 18.4 Å². The summed E-state index contributed by atoms with van der Waals surface area (Å²) in [5.41, 5.74) is 5.57. The highest BCUT2D eigenvalue weighted by molar-refractivity contribution is 5.48. The van der Waals surface area contributed by atoms with Crippen molar-refractivity contribution in [3.63, 3.8) is 0 Å². The van der Waals surface area contributed by atoms with Crippen molar-refractivity contribution in [2.45, 2.75) is 19.3 Å². The van der Waals surface area contributed by atoms with Crippen molar-refractivity contribution >= 4 is 0 Å². The Morgan fingerprint density at radius 3 is 2.41 bits per heavy atom. The van der Waals surface area contributed by atoms with E-state index in [-0.39, 0.29) is 17.1 Å². The molecule has 0 unspecified atom stereocenters. The van der Waals surface area contributed by atoms with E-state index in [0.717, 1.165) is 12.5 Å². The van der Waals surface area contributed by atoms with Gasteiger partial charge in [-0.1, -0.05) is 0 Å². The van der Waals surface area contributed by atoms with E-state index < -0.39 is 11.6 Å². The summed E-state index contributed by atoms with van der Waals surface area (Å²) in [6, 6.07) is 0.987. The SMILES string of the molecule is COc1cc(F)c(F)c(CCCCN)c1OC. The van der Waals surface area contributed by atoms with Crippen LogP contribution in [0.5, 0.6) is 11.5 Å². The van der Waals surface area contributed by atoms with Crippen molar-refractivity contribution in [1.29, 1.82) is 0 Å². The van der Waals surface area contributed by atoms with Crippen LogP contribution < -0.4 is 15.2 Å². The molecular formula is C12H17F2NO2. The quantitative estimate of drug-likeness (QED) is 0.782. The monoisotopic (exact) mass is 245 g/mol. The fourth-order valence-electron chi connectivity index (χ4n) is 1.68. The van der Waals surface area contributed by atoms with E-state index in [4.69, 9.17) is 15.2 Å². The Balaban J connectivity index is 3.09. The summed E-state index contributed by atoms with van der Waals surface area (Å²) in [5.74, 6) is -1.34. The molecule has 2 N–H and O–H groups in total. The molecule has 3 nitrogen and oxygen atoms in total. The number of hydrogen-bond acceptors (Lipinski definition) is 3. The summed E-state index contributed by atoms with van der Waals surface area (Å²) in [5, 5.41) is 0. The Bertz CT molecular complexity index is 383. The number of hydrogen-bond donors (Lipinski definition) is 1. The molecule has 5 heteroatoms. The highest BCUT2D eigenvalue weighted by Crippen LogP contribution is 2.35. The summed E-state index contributed by atoms with van der Waals surface area (Å²) in [6.07, 6.45) is 1.80. The third-order valence-electron chi connectivity index (χ3n) is 2.54. The molecule has 0 aliphatic heterocycles. The predicted octanol–water partition coefficient (Wildman–Crippen LogP) is 2.26. The van der Waals surface area contributed by atoms with Crippen LogP contribution in [0.25, 0.3) is 0 Å². The molecule has 0 aliphatic carbocycles. The van der Waals surface area contributed by atoms with Crippen LogP contribution >= 0.6 is 0 Å². The molecule has 0 bridgehead atoms. The molecule has 0 fully saturated rings. The molecule has 1 aromatic carbocycles. The first-order chi connectivity index (χ1) is 8.15. The van der Waals surface area contributed by atoms with Crippen molar-refractivity contribution < 1.29 is 18.3 Å². The summed E-state index contributed by atoms with van der Waals surface area (Å²) in [6.45, 7) is 0.524. The summed E-state index contributed by atoms with van der Waals surface area (Å²) in [4.78, 5) is 0. The van der Waals surface area contributed by atoms with Gasteiger partial charge >= 0.3 is 0 Å². The minimum absolute atomic E-state index is 0.203. The average molecular weight is 245 g/mol. The molecule has 1 rings (SSSR count). The highest BCUT2D eigenvalue weighted by Gasteiger charge is 2.19. The maximum Gasteiger partial charge on any atom is 0.167 e. The molecule has 0 radical (unpaired) electrons. The van der Waals surface area contributed by atoms with E-state index in [1.165, 1.54) is 14.2 Å². The van der Waals surface area contributed by atoms with Crippen LogP contribution in [0.15, 0.2) is 6.07 Å². The molecule has 0 saturated carbocycles. The Kier molecular flexibility index (Phi) is 5.15. The third-order valence-corrected chi connectivity index (χ3v) is 2.54. The smallest absolute Gasteiger partial charge is 0.167 e. The van der Waals surface area contributed by atoms with Gasteiger partial charge in [0.2, 0.25) is 0 Å². The number of halogens is 2. The van der Waals surface area contributed by atoms with Crippen LogP contribution in [-0.4, -0.2) is 20.8 Å². The third kappa shape index (κ3) is 3.06. The number of nitrogens with two attached hydrogens (primary N) is 1. The molecular weight excluding hydrogens is 228 g/mol. The van der Waals surface area contributed by atoms with E-state index in [0.29, 0.717) is 19.4 Å². The van der Waals surface area contributed by atoms with Gasteiger partial charge in [-0.15, -0.1) is 0 Å². The molecule has 0 atom stereocenters. The second kappa shape index (κ2) is 6.39. The van der Waals surface area contributed by atoms with Gasteiger partial charge in [0.15, 0.2) is 23.1 Å². The second-order valence-corrected chi connectivity index (χ2v) is 3.63. The maximum absolute atomic E-state index is 13.7. The largest absolute Gasteiger partial charge is 0.493 e. The van der Waals surface area contributed by atoms with Gasteiger partial charge in [0.25, 0.3) is 0 Å². The topological polar surface area (TPSA) is 44.5 Å². The van der Waals surface area contributed by atoms with Crippen molar-refractivity contribution in [1.82, 2.24) is 0 Å². The van der Waals surface area contributed by atoms with Crippen LogP contribution in [0.3, 0.4) is 0 Å². The van der Waals surface area contributed by atoms with E-state index in [1.54, 1.807) is 0 Å². The van der Waals surface area contributed by atoms with Crippen molar-refractivity contribution in [3.05, 3.63) is 23.3 Å². The van der Waals surface area contributed by atoms with Gasteiger partial charge < -0.3 is 15.2 Å². The maximum atomic E-state index is 13.7. The lowest BCUT2D eigenvalue weighted by Crippen LogP contribution is -2.04. The summed E-state index contributed by atoms with van der Waals surface area (Å²) >= 11 is 0. The van der Waals surface area contributed by atoms with E-state index in [9.17, 15) is 8.78 Å². The Labute approximate surface area is 99.5 Å². The van der Waals surface area contributed by atoms with Crippen molar-refractivity contribution in [3.8, 4) is 11.5 Å².